The summed E-state index contributed by atoms with van der Waals surface area (Å²) in [5.74, 6) is -0.0507. The lowest BCUT2D eigenvalue weighted by Gasteiger charge is -2.06. The molecule has 5 heterocycles. The molecule has 1 amide bonds. The Balaban J connectivity index is 1.43. The quantitative estimate of drug-likeness (QED) is 0.281. The molecule has 7 nitrogen and oxygen atoms in total. The largest absolute Gasteiger partial charge is 0.353 e. The lowest BCUT2D eigenvalue weighted by Crippen LogP contribution is -2.09. The van der Waals surface area contributed by atoms with E-state index >= 15 is 0 Å². The number of aromatic nitrogens is 5. The maximum Gasteiger partial charge on any atom is 0.224 e. The van der Waals surface area contributed by atoms with E-state index in [1.54, 1.807) is 29.9 Å². The average molecular weight is 465 g/mol. The average Bonchev–Trinajstić information content (AvgIpc) is 3.62. The molecule has 6 aromatic rings. The Bertz CT molecular complexity index is 1650. The van der Waals surface area contributed by atoms with Crippen LogP contribution in [0, 0.1) is 0 Å². The molecule has 0 bridgehead atoms. The highest BCUT2D eigenvalue weighted by Crippen LogP contribution is 2.35. The van der Waals surface area contributed by atoms with Crippen LogP contribution in [-0.4, -0.2) is 31.1 Å². The zero-order chi connectivity index (χ0) is 23.1. The number of aromatic amines is 2. The first-order valence-corrected chi connectivity index (χ1v) is 11.9. The summed E-state index contributed by atoms with van der Waals surface area (Å²) in [5.41, 5.74) is 8.35. The molecule has 0 aliphatic heterocycles. The number of pyridine rings is 2. The molecule has 5 aromatic heterocycles. The van der Waals surface area contributed by atoms with E-state index in [-0.39, 0.29) is 5.91 Å². The minimum Gasteiger partial charge on any atom is -0.353 e. The van der Waals surface area contributed by atoms with E-state index in [0.29, 0.717) is 17.8 Å². The molecule has 0 radical (unpaired) electrons. The van der Waals surface area contributed by atoms with Crippen molar-refractivity contribution in [3.05, 3.63) is 71.8 Å². The Labute approximate surface area is 198 Å². The van der Waals surface area contributed by atoms with Crippen molar-refractivity contribution in [2.24, 2.45) is 0 Å². The van der Waals surface area contributed by atoms with Crippen LogP contribution in [0.4, 0.5) is 5.69 Å². The van der Waals surface area contributed by atoms with Crippen LogP contribution in [0.2, 0.25) is 0 Å². The van der Waals surface area contributed by atoms with Crippen molar-refractivity contribution in [3.8, 4) is 33.6 Å². The highest BCUT2D eigenvalue weighted by Gasteiger charge is 2.15. The van der Waals surface area contributed by atoms with Gasteiger partial charge in [-0.05, 0) is 52.2 Å². The van der Waals surface area contributed by atoms with Gasteiger partial charge in [0.25, 0.3) is 0 Å². The van der Waals surface area contributed by atoms with Gasteiger partial charge in [-0.1, -0.05) is 19.1 Å². The standard InChI is InChI=1S/C26H20N6OS/c1-2-24(33)29-18-8-16(11-27-13-18)17-9-21-25(31-32-26(21)28-12-17)23-10-20-19(15-6-7-34-14-15)4-3-5-22(20)30-23/h3-14,30H,2H2,1H3,(H,29,33)(H,28,31,32). The second-order valence-corrected chi connectivity index (χ2v) is 8.80. The minimum atomic E-state index is -0.0507. The molecular formula is C26H20N6OS. The first kappa shape index (κ1) is 20.3. The Kier molecular flexibility index (Phi) is 4.92. The van der Waals surface area contributed by atoms with Crippen molar-refractivity contribution >= 4 is 44.9 Å². The lowest BCUT2D eigenvalue weighted by atomic mass is 10.0. The van der Waals surface area contributed by atoms with Gasteiger partial charge >= 0.3 is 0 Å². The Morgan fingerprint density at radius 1 is 1.03 bits per heavy atom. The van der Waals surface area contributed by atoms with Crippen molar-refractivity contribution < 1.29 is 4.79 Å². The molecule has 0 spiro atoms. The first-order chi connectivity index (χ1) is 16.7. The fourth-order valence-electron chi connectivity index (χ4n) is 4.14. The van der Waals surface area contributed by atoms with Gasteiger partial charge in [-0.3, -0.25) is 14.9 Å². The third-order valence-corrected chi connectivity index (χ3v) is 6.53. The van der Waals surface area contributed by atoms with Gasteiger partial charge in [0.05, 0.1) is 23.3 Å². The number of nitrogens with zero attached hydrogens (tertiary/aromatic N) is 3. The number of anilines is 1. The summed E-state index contributed by atoms with van der Waals surface area (Å²) in [5, 5.41) is 16.7. The van der Waals surface area contributed by atoms with Crippen molar-refractivity contribution in [2.45, 2.75) is 13.3 Å². The van der Waals surface area contributed by atoms with Crippen molar-refractivity contribution in [2.75, 3.05) is 5.32 Å². The summed E-state index contributed by atoms with van der Waals surface area (Å²) < 4.78 is 0. The van der Waals surface area contributed by atoms with E-state index in [4.69, 9.17) is 0 Å². The predicted molar refractivity (Wildman–Crippen MR) is 137 cm³/mol. The summed E-state index contributed by atoms with van der Waals surface area (Å²) in [4.78, 5) is 24.2. The van der Waals surface area contributed by atoms with Crippen LogP contribution >= 0.6 is 11.3 Å². The van der Waals surface area contributed by atoms with Gasteiger partial charge < -0.3 is 10.3 Å². The van der Waals surface area contributed by atoms with E-state index in [0.717, 1.165) is 38.8 Å². The highest BCUT2D eigenvalue weighted by molar-refractivity contribution is 7.08. The third-order valence-electron chi connectivity index (χ3n) is 5.85. The monoisotopic (exact) mass is 464 g/mol. The van der Waals surface area contributed by atoms with E-state index in [9.17, 15) is 4.79 Å². The van der Waals surface area contributed by atoms with Crippen LogP contribution in [0.15, 0.2) is 71.8 Å². The van der Waals surface area contributed by atoms with Crippen molar-refractivity contribution in [1.29, 1.82) is 0 Å². The second-order valence-electron chi connectivity index (χ2n) is 8.02. The molecule has 0 fully saturated rings. The SMILES string of the molecule is CCC(=O)Nc1cncc(-c2cnc3n[nH]c(-c4cc5c(-c6ccsc6)cccc5[nH]4)c3c2)c1. The van der Waals surface area contributed by atoms with Gasteiger partial charge in [-0.15, -0.1) is 0 Å². The molecular weight excluding hydrogens is 444 g/mol. The number of H-pyrrole nitrogens is 2. The zero-order valence-electron chi connectivity index (χ0n) is 18.3. The van der Waals surface area contributed by atoms with Gasteiger partial charge in [-0.2, -0.15) is 16.4 Å². The van der Waals surface area contributed by atoms with Crippen LogP contribution in [-0.2, 0) is 4.79 Å². The number of nitrogens with one attached hydrogen (secondary N) is 3. The summed E-state index contributed by atoms with van der Waals surface area (Å²) in [6, 6.07) is 14.5. The summed E-state index contributed by atoms with van der Waals surface area (Å²) >= 11 is 1.69. The van der Waals surface area contributed by atoms with Crippen LogP contribution in [0.3, 0.4) is 0 Å². The van der Waals surface area contributed by atoms with Crippen LogP contribution in [0.5, 0.6) is 0 Å². The number of fused-ring (bicyclic) bond motifs is 2. The number of rotatable bonds is 5. The summed E-state index contributed by atoms with van der Waals surface area (Å²) in [6.07, 6.45) is 5.59. The highest BCUT2D eigenvalue weighted by atomic mass is 32.1. The number of carbonyl (C=O) groups is 1. The van der Waals surface area contributed by atoms with Gasteiger partial charge in [0.1, 0.15) is 0 Å². The topological polar surface area (TPSA) is 99.3 Å². The maximum atomic E-state index is 11.8. The van der Waals surface area contributed by atoms with E-state index in [1.165, 1.54) is 11.1 Å². The Morgan fingerprint density at radius 3 is 2.79 bits per heavy atom. The molecule has 1 aromatic carbocycles. The zero-order valence-corrected chi connectivity index (χ0v) is 19.1. The van der Waals surface area contributed by atoms with Crippen molar-refractivity contribution in [1.82, 2.24) is 25.1 Å². The normalized spacial score (nSPS) is 11.3. The van der Waals surface area contributed by atoms with Crippen LogP contribution in [0.1, 0.15) is 13.3 Å². The Morgan fingerprint density at radius 2 is 1.94 bits per heavy atom. The molecule has 3 N–H and O–H groups in total. The van der Waals surface area contributed by atoms with Crippen LogP contribution in [0.25, 0.3) is 55.6 Å². The smallest absolute Gasteiger partial charge is 0.224 e. The number of benzene rings is 1. The summed E-state index contributed by atoms with van der Waals surface area (Å²) in [7, 11) is 0. The van der Waals surface area contributed by atoms with Gasteiger partial charge in [0, 0.05) is 46.2 Å². The van der Waals surface area contributed by atoms with E-state index in [2.05, 4.69) is 77.6 Å². The van der Waals surface area contributed by atoms with Crippen LogP contribution < -0.4 is 5.32 Å². The summed E-state index contributed by atoms with van der Waals surface area (Å²) in [6.45, 7) is 1.82. The molecule has 8 heteroatoms. The fourth-order valence-corrected chi connectivity index (χ4v) is 4.79. The fraction of sp³-hybridized carbons (Fsp3) is 0.0769. The molecule has 0 unspecified atom stereocenters. The second kappa shape index (κ2) is 8.24. The molecule has 0 aliphatic rings. The number of carbonyl (C=O) groups excluding carboxylic acids is 1. The Hall–Kier alpha value is -4.30. The molecule has 0 aliphatic carbocycles. The molecule has 0 saturated carbocycles. The van der Waals surface area contributed by atoms with Gasteiger partial charge in [0.2, 0.25) is 5.91 Å². The number of amides is 1. The number of hydrogen-bond acceptors (Lipinski definition) is 5. The van der Waals surface area contributed by atoms with Gasteiger partial charge in [0.15, 0.2) is 5.65 Å². The molecule has 34 heavy (non-hydrogen) atoms. The van der Waals surface area contributed by atoms with E-state index in [1.807, 2.05) is 13.0 Å². The molecule has 6 rings (SSSR count). The minimum absolute atomic E-state index is 0.0507. The third kappa shape index (κ3) is 3.54. The van der Waals surface area contributed by atoms with Crippen molar-refractivity contribution in [3.63, 3.8) is 0 Å². The molecule has 166 valence electrons. The molecule has 0 atom stereocenters. The number of hydrogen-bond donors (Lipinski definition) is 3. The maximum absolute atomic E-state index is 11.8. The molecule has 0 saturated heterocycles. The van der Waals surface area contributed by atoms with E-state index < -0.39 is 0 Å². The van der Waals surface area contributed by atoms with Gasteiger partial charge in [-0.25, -0.2) is 4.98 Å². The predicted octanol–water partition coefficient (Wildman–Crippen LogP) is 6.25. The lowest BCUT2D eigenvalue weighted by molar-refractivity contribution is -0.115. The first-order valence-electron chi connectivity index (χ1n) is 10.9. The number of thiophene rings is 1.